The van der Waals surface area contributed by atoms with Crippen LogP contribution in [0, 0.1) is 6.92 Å². The van der Waals surface area contributed by atoms with E-state index in [1.165, 1.54) is 0 Å². The summed E-state index contributed by atoms with van der Waals surface area (Å²) in [4.78, 5) is 9.94. The molecule has 1 heterocycles. The van der Waals surface area contributed by atoms with Gasteiger partial charge < -0.3 is 4.79 Å². The summed E-state index contributed by atoms with van der Waals surface area (Å²) in [5, 5.41) is 4.01. The van der Waals surface area contributed by atoms with E-state index in [2.05, 4.69) is 5.10 Å². The van der Waals surface area contributed by atoms with Gasteiger partial charge in [0.15, 0.2) is 0 Å². The van der Waals surface area contributed by atoms with E-state index in [1.807, 2.05) is 13.1 Å². The summed E-state index contributed by atoms with van der Waals surface area (Å²) in [6, 6.07) is 0. The predicted molar refractivity (Wildman–Crippen MR) is 37.6 cm³/mol. The molecular weight excluding hydrogens is 128 g/mol. The van der Waals surface area contributed by atoms with Crippen LogP contribution in [0.5, 0.6) is 0 Å². The molecule has 1 aromatic heterocycles. The molecule has 3 heteroatoms. The fraction of sp³-hybridized carbons (Fsp3) is 0.429. The van der Waals surface area contributed by atoms with Crippen LogP contribution in [0.15, 0.2) is 12.4 Å². The van der Waals surface area contributed by atoms with Crippen molar-refractivity contribution in [1.29, 1.82) is 0 Å². The maximum absolute atomic E-state index is 9.94. The van der Waals surface area contributed by atoms with Crippen molar-refractivity contribution in [3.63, 3.8) is 0 Å². The second kappa shape index (κ2) is 3.15. The van der Waals surface area contributed by atoms with E-state index in [0.717, 1.165) is 11.8 Å². The number of hydrogen-bond acceptors (Lipinski definition) is 2. The number of carbonyl (C=O) groups excluding carboxylic acids is 1. The van der Waals surface area contributed by atoms with Crippen molar-refractivity contribution < 1.29 is 4.79 Å². The maximum Gasteiger partial charge on any atom is 0.121 e. The molecule has 0 radical (unpaired) electrons. The summed E-state index contributed by atoms with van der Waals surface area (Å²) in [5.74, 6) is 0. The van der Waals surface area contributed by atoms with Crippen LogP contribution in [0.1, 0.15) is 12.0 Å². The molecule has 0 aromatic carbocycles. The first-order valence-corrected chi connectivity index (χ1v) is 3.25. The van der Waals surface area contributed by atoms with Gasteiger partial charge in [-0.3, -0.25) is 4.68 Å². The second-order valence-corrected chi connectivity index (χ2v) is 2.24. The third-order valence-corrected chi connectivity index (χ3v) is 1.24. The molecule has 54 valence electrons. The predicted octanol–water partition coefficient (Wildman–Crippen LogP) is 0.781. The van der Waals surface area contributed by atoms with Gasteiger partial charge in [-0.05, 0) is 12.5 Å². The summed E-state index contributed by atoms with van der Waals surface area (Å²) < 4.78 is 1.77. The average molecular weight is 138 g/mol. The minimum Gasteiger partial charge on any atom is -0.303 e. The third-order valence-electron chi connectivity index (χ3n) is 1.24. The highest BCUT2D eigenvalue weighted by atomic mass is 16.1. The van der Waals surface area contributed by atoms with Crippen molar-refractivity contribution >= 4 is 6.29 Å². The lowest BCUT2D eigenvalue weighted by atomic mass is 10.4. The lowest BCUT2D eigenvalue weighted by Crippen LogP contribution is -1.97. The lowest BCUT2D eigenvalue weighted by molar-refractivity contribution is -0.108. The molecule has 0 amide bonds. The number of hydrogen-bond donors (Lipinski definition) is 0. The smallest absolute Gasteiger partial charge is 0.121 e. The fourth-order valence-corrected chi connectivity index (χ4v) is 0.774. The molecule has 0 aliphatic rings. The lowest BCUT2D eigenvalue weighted by Gasteiger charge is -1.92. The molecule has 0 unspecified atom stereocenters. The van der Waals surface area contributed by atoms with Gasteiger partial charge in [0.1, 0.15) is 6.29 Å². The van der Waals surface area contributed by atoms with Gasteiger partial charge in [-0.25, -0.2) is 0 Å². The highest BCUT2D eigenvalue weighted by Gasteiger charge is 1.90. The van der Waals surface area contributed by atoms with Crippen molar-refractivity contribution in [3.8, 4) is 0 Å². The largest absolute Gasteiger partial charge is 0.303 e. The maximum atomic E-state index is 9.94. The molecule has 1 rings (SSSR count). The van der Waals surface area contributed by atoms with Crippen LogP contribution in [0.4, 0.5) is 0 Å². The van der Waals surface area contributed by atoms with Crippen molar-refractivity contribution in [1.82, 2.24) is 9.78 Å². The Morgan fingerprint density at radius 1 is 1.80 bits per heavy atom. The molecule has 0 atom stereocenters. The number of aromatic nitrogens is 2. The van der Waals surface area contributed by atoms with E-state index >= 15 is 0 Å². The third kappa shape index (κ3) is 1.69. The van der Waals surface area contributed by atoms with E-state index in [-0.39, 0.29) is 0 Å². The van der Waals surface area contributed by atoms with Gasteiger partial charge in [0.25, 0.3) is 0 Å². The quantitative estimate of drug-likeness (QED) is 0.578. The summed E-state index contributed by atoms with van der Waals surface area (Å²) in [5.41, 5.74) is 1.13. The van der Waals surface area contributed by atoms with E-state index < -0.39 is 0 Å². The Hall–Kier alpha value is -1.12. The molecule has 0 aliphatic carbocycles. The Bertz CT molecular complexity index is 217. The number of aryl methyl sites for hydroxylation is 2. The SMILES string of the molecule is Cc1cnn(CCC=O)c1. The average Bonchev–Trinajstić information content (AvgIpc) is 2.31. The Kier molecular flexibility index (Phi) is 2.20. The Morgan fingerprint density at radius 3 is 3.10 bits per heavy atom. The van der Waals surface area contributed by atoms with Crippen LogP contribution in [0.3, 0.4) is 0 Å². The first kappa shape index (κ1) is 6.99. The highest BCUT2D eigenvalue weighted by molar-refractivity contribution is 5.48. The minimum atomic E-state index is 0.543. The van der Waals surface area contributed by atoms with Crippen LogP contribution < -0.4 is 0 Å². The van der Waals surface area contributed by atoms with Gasteiger partial charge in [0, 0.05) is 19.2 Å². The number of rotatable bonds is 3. The molecule has 0 saturated carbocycles. The highest BCUT2D eigenvalue weighted by Crippen LogP contribution is 1.94. The molecule has 0 saturated heterocycles. The monoisotopic (exact) mass is 138 g/mol. The Morgan fingerprint density at radius 2 is 2.60 bits per heavy atom. The van der Waals surface area contributed by atoms with Crippen LogP contribution >= 0.6 is 0 Å². The zero-order valence-corrected chi connectivity index (χ0v) is 5.95. The Balaban J connectivity index is 2.49. The molecule has 0 N–H and O–H groups in total. The first-order valence-electron chi connectivity index (χ1n) is 3.25. The molecule has 0 aliphatic heterocycles. The summed E-state index contributed by atoms with van der Waals surface area (Å²) >= 11 is 0. The van der Waals surface area contributed by atoms with E-state index in [0.29, 0.717) is 13.0 Å². The standard InChI is InChI=1S/C7H10N2O/c1-7-5-8-9(6-7)3-2-4-10/h4-6H,2-3H2,1H3. The van der Waals surface area contributed by atoms with Crippen LogP contribution in [0.2, 0.25) is 0 Å². The molecule has 0 bridgehead atoms. The van der Waals surface area contributed by atoms with Gasteiger partial charge in [-0.1, -0.05) is 0 Å². The van der Waals surface area contributed by atoms with Gasteiger partial charge >= 0.3 is 0 Å². The van der Waals surface area contributed by atoms with Crippen LogP contribution in [0.25, 0.3) is 0 Å². The summed E-state index contributed by atoms with van der Waals surface area (Å²) in [6.07, 6.45) is 5.15. The van der Waals surface area contributed by atoms with E-state index in [1.54, 1.807) is 10.9 Å². The summed E-state index contributed by atoms with van der Waals surface area (Å²) in [7, 11) is 0. The number of nitrogens with zero attached hydrogens (tertiary/aromatic N) is 2. The van der Waals surface area contributed by atoms with Crippen LogP contribution in [-0.2, 0) is 11.3 Å². The minimum absolute atomic E-state index is 0.543. The molecule has 10 heavy (non-hydrogen) atoms. The molecule has 1 aromatic rings. The normalized spacial score (nSPS) is 9.70. The van der Waals surface area contributed by atoms with Crippen LogP contribution in [-0.4, -0.2) is 16.1 Å². The Labute approximate surface area is 59.7 Å². The topological polar surface area (TPSA) is 34.9 Å². The van der Waals surface area contributed by atoms with Gasteiger partial charge in [0.2, 0.25) is 0 Å². The van der Waals surface area contributed by atoms with E-state index in [9.17, 15) is 4.79 Å². The van der Waals surface area contributed by atoms with Gasteiger partial charge in [-0.15, -0.1) is 0 Å². The second-order valence-electron chi connectivity index (χ2n) is 2.24. The molecule has 3 nitrogen and oxygen atoms in total. The fourth-order valence-electron chi connectivity index (χ4n) is 0.774. The first-order chi connectivity index (χ1) is 4.83. The van der Waals surface area contributed by atoms with Crippen molar-refractivity contribution in [2.24, 2.45) is 0 Å². The molecule has 0 spiro atoms. The molecule has 0 fully saturated rings. The van der Waals surface area contributed by atoms with E-state index in [4.69, 9.17) is 0 Å². The van der Waals surface area contributed by atoms with Crippen molar-refractivity contribution in [2.75, 3.05) is 0 Å². The zero-order chi connectivity index (χ0) is 7.40. The number of aldehydes is 1. The molecular formula is C7H10N2O. The van der Waals surface area contributed by atoms with Gasteiger partial charge in [-0.2, -0.15) is 5.10 Å². The van der Waals surface area contributed by atoms with Gasteiger partial charge in [0.05, 0.1) is 6.20 Å². The zero-order valence-electron chi connectivity index (χ0n) is 5.95. The van der Waals surface area contributed by atoms with Crippen molar-refractivity contribution in [2.45, 2.75) is 19.9 Å². The summed E-state index contributed by atoms with van der Waals surface area (Å²) in [6.45, 7) is 2.67. The number of carbonyl (C=O) groups is 1. The van der Waals surface area contributed by atoms with Crippen molar-refractivity contribution in [3.05, 3.63) is 18.0 Å².